The molecule has 1 radical (unpaired) electrons. The largest absolute Gasteiger partial charge is 0.383 e. The van der Waals surface area contributed by atoms with Gasteiger partial charge in [0.15, 0.2) is 0 Å². The average Bonchev–Trinajstić information content (AvgIpc) is 2.73. The number of alkyl halides is 8. The van der Waals surface area contributed by atoms with Crippen molar-refractivity contribution in [1.29, 1.82) is 0 Å². The molecule has 0 aliphatic heterocycles. The van der Waals surface area contributed by atoms with Crippen LogP contribution in [0.25, 0.3) is 22.4 Å². The molecular formula is C22H12F8IrN-. The number of rotatable bonds is 2. The van der Waals surface area contributed by atoms with E-state index >= 15 is 0 Å². The van der Waals surface area contributed by atoms with Gasteiger partial charge in [-0.25, -0.2) is 0 Å². The van der Waals surface area contributed by atoms with Gasteiger partial charge in [0.05, 0.1) is 5.56 Å². The molecule has 1 aliphatic rings. The van der Waals surface area contributed by atoms with E-state index in [2.05, 4.69) is 11.1 Å². The van der Waals surface area contributed by atoms with Crippen molar-refractivity contribution in [3.63, 3.8) is 0 Å². The molecule has 171 valence electrons. The Balaban J connectivity index is 0.00000289. The first-order valence-electron chi connectivity index (χ1n) is 8.93. The van der Waals surface area contributed by atoms with Crippen LogP contribution in [0.4, 0.5) is 35.1 Å². The molecule has 3 aromatic rings. The van der Waals surface area contributed by atoms with E-state index in [0.717, 1.165) is 11.1 Å². The molecule has 0 saturated heterocycles. The fraction of sp³-hybridized carbons (Fsp3) is 0.227. The number of fused-ring (bicyclic) bond motifs is 1. The van der Waals surface area contributed by atoms with Crippen molar-refractivity contribution in [2.45, 2.75) is 30.6 Å². The predicted molar refractivity (Wildman–Crippen MR) is 96.4 cm³/mol. The third-order valence-electron chi connectivity index (χ3n) is 5.28. The van der Waals surface area contributed by atoms with Crippen LogP contribution in [0.5, 0.6) is 0 Å². The van der Waals surface area contributed by atoms with Crippen LogP contribution < -0.4 is 0 Å². The van der Waals surface area contributed by atoms with Crippen molar-refractivity contribution in [2.75, 3.05) is 0 Å². The summed E-state index contributed by atoms with van der Waals surface area (Å²) >= 11 is 0. The molecule has 0 N–H and O–H groups in total. The zero-order valence-corrected chi connectivity index (χ0v) is 18.4. The van der Waals surface area contributed by atoms with E-state index in [1.54, 1.807) is 37.3 Å². The molecule has 0 atom stereocenters. The molecular weight excluding hydrogens is 622 g/mol. The maximum absolute atomic E-state index is 14.3. The SMILES string of the molecule is Cc1c[c-]c(-c2cc3c(cn2)C(F)(F)C(F)(F)C(F)(F)C3(F)F)cc1-c1ccccc1.[Ir]. The third-order valence-corrected chi connectivity index (χ3v) is 5.28. The van der Waals surface area contributed by atoms with Gasteiger partial charge in [-0.1, -0.05) is 48.9 Å². The summed E-state index contributed by atoms with van der Waals surface area (Å²) in [5.74, 6) is -23.7. The van der Waals surface area contributed by atoms with Gasteiger partial charge in [0, 0.05) is 31.9 Å². The molecule has 1 aliphatic carbocycles. The second kappa shape index (κ2) is 7.63. The van der Waals surface area contributed by atoms with Gasteiger partial charge in [0.2, 0.25) is 0 Å². The van der Waals surface area contributed by atoms with Crippen LogP contribution in [-0.2, 0) is 32.0 Å². The summed E-state index contributed by atoms with van der Waals surface area (Å²) in [6, 6.07) is 14.8. The van der Waals surface area contributed by atoms with E-state index < -0.39 is 34.8 Å². The first-order valence-corrected chi connectivity index (χ1v) is 8.93. The van der Waals surface area contributed by atoms with Gasteiger partial charge in [-0.2, -0.15) is 35.1 Å². The van der Waals surface area contributed by atoms with Crippen LogP contribution in [0.3, 0.4) is 0 Å². The monoisotopic (exact) mass is 635 g/mol. The topological polar surface area (TPSA) is 12.9 Å². The van der Waals surface area contributed by atoms with Gasteiger partial charge in [-0.15, -0.1) is 29.3 Å². The molecule has 1 heterocycles. The molecule has 1 aromatic heterocycles. The van der Waals surface area contributed by atoms with Crippen molar-refractivity contribution in [1.82, 2.24) is 4.98 Å². The van der Waals surface area contributed by atoms with Crippen molar-refractivity contribution < 1.29 is 55.2 Å². The minimum Gasteiger partial charge on any atom is -0.304 e. The molecule has 0 unspecified atom stereocenters. The summed E-state index contributed by atoms with van der Waals surface area (Å²) in [6.07, 6.45) is 0.0949. The van der Waals surface area contributed by atoms with E-state index in [1.165, 1.54) is 12.1 Å². The quantitative estimate of drug-likeness (QED) is 0.219. The van der Waals surface area contributed by atoms with Gasteiger partial charge in [-0.05, 0) is 11.3 Å². The summed E-state index contributed by atoms with van der Waals surface area (Å²) in [4.78, 5) is 3.58. The first-order chi connectivity index (χ1) is 14.3. The normalized spacial score (nSPS) is 19.5. The van der Waals surface area contributed by atoms with Crippen LogP contribution >= 0.6 is 0 Å². The minimum absolute atomic E-state index is 0. The maximum atomic E-state index is 14.3. The molecule has 0 spiro atoms. The van der Waals surface area contributed by atoms with Crippen molar-refractivity contribution in [3.8, 4) is 22.4 Å². The Labute approximate surface area is 190 Å². The van der Waals surface area contributed by atoms with Gasteiger partial charge in [-0.3, -0.25) is 0 Å². The summed E-state index contributed by atoms with van der Waals surface area (Å²) in [5.41, 5.74) is -2.03. The molecule has 0 amide bonds. The Hall–Kier alpha value is -2.32. The molecule has 1 nitrogen and oxygen atoms in total. The minimum atomic E-state index is -6.30. The zero-order valence-electron chi connectivity index (χ0n) is 16.0. The molecule has 0 bridgehead atoms. The first kappa shape index (κ1) is 24.3. The third kappa shape index (κ3) is 3.18. The number of benzene rings is 2. The van der Waals surface area contributed by atoms with Crippen LogP contribution in [0.2, 0.25) is 0 Å². The van der Waals surface area contributed by atoms with Crippen LogP contribution in [-0.4, -0.2) is 16.8 Å². The number of hydrogen-bond acceptors (Lipinski definition) is 1. The number of nitrogens with zero attached hydrogens (tertiary/aromatic N) is 1. The number of hydrogen-bond donors (Lipinski definition) is 0. The Kier molecular flexibility index (Phi) is 5.80. The van der Waals surface area contributed by atoms with E-state index in [4.69, 9.17) is 0 Å². The number of halogens is 8. The Bertz CT molecular complexity index is 1160. The van der Waals surface area contributed by atoms with Crippen molar-refractivity contribution in [2.24, 2.45) is 0 Å². The molecule has 10 heteroatoms. The van der Waals surface area contributed by atoms with Gasteiger partial charge in [0.25, 0.3) is 0 Å². The second-order valence-electron chi connectivity index (χ2n) is 7.22. The molecule has 0 fully saturated rings. The van der Waals surface area contributed by atoms with Crippen LogP contribution in [0.1, 0.15) is 16.7 Å². The summed E-state index contributed by atoms with van der Waals surface area (Å²) in [5, 5.41) is 0. The van der Waals surface area contributed by atoms with Crippen molar-refractivity contribution >= 4 is 0 Å². The molecule has 4 rings (SSSR count). The molecule has 32 heavy (non-hydrogen) atoms. The average molecular weight is 635 g/mol. The van der Waals surface area contributed by atoms with Gasteiger partial charge < -0.3 is 4.98 Å². The fourth-order valence-corrected chi connectivity index (χ4v) is 3.49. The summed E-state index contributed by atoms with van der Waals surface area (Å²) < 4.78 is 112. The number of pyridine rings is 1. The number of aromatic nitrogens is 1. The van der Waals surface area contributed by atoms with E-state index in [0.29, 0.717) is 11.6 Å². The Morgan fingerprint density at radius 3 is 1.94 bits per heavy atom. The van der Waals surface area contributed by atoms with Gasteiger partial charge >= 0.3 is 23.7 Å². The predicted octanol–water partition coefficient (Wildman–Crippen LogP) is 6.99. The summed E-state index contributed by atoms with van der Waals surface area (Å²) in [6.45, 7) is 1.75. The van der Waals surface area contributed by atoms with E-state index in [-0.39, 0.29) is 37.6 Å². The summed E-state index contributed by atoms with van der Waals surface area (Å²) in [7, 11) is 0. The second-order valence-corrected chi connectivity index (χ2v) is 7.22. The maximum Gasteiger partial charge on any atom is 0.383 e. The standard InChI is InChI=1S/C22H12F8N.Ir/c1-12-7-8-14(9-15(12)13-5-3-2-4-6-13)18-10-16-17(11-31-18)20(25,26)22(29,30)21(27,28)19(16,23)24;/h2-7,9-11H,1H3;/q-1;. The van der Waals surface area contributed by atoms with Crippen molar-refractivity contribution in [3.05, 3.63) is 77.5 Å². The van der Waals surface area contributed by atoms with Crippen LogP contribution in [0, 0.1) is 13.0 Å². The van der Waals surface area contributed by atoms with Crippen LogP contribution in [0.15, 0.2) is 54.7 Å². The fourth-order valence-electron chi connectivity index (χ4n) is 3.49. The molecule has 2 aromatic carbocycles. The van der Waals surface area contributed by atoms with E-state index in [1.807, 2.05) is 0 Å². The smallest absolute Gasteiger partial charge is 0.304 e. The zero-order chi connectivity index (χ0) is 22.8. The Morgan fingerprint density at radius 2 is 1.34 bits per heavy atom. The number of aryl methyl sites for hydroxylation is 1. The van der Waals surface area contributed by atoms with Gasteiger partial charge in [0.1, 0.15) is 0 Å². The Morgan fingerprint density at radius 1 is 0.781 bits per heavy atom. The molecule has 0 saturated carbocycles. The van der Waals surface area contributed by atoms with E-state index in [9.17, 15) is 35.1 Å².